The van der Waals surface area contributed by atoms with Crippen LogP contribution in [0, 0.1) is 12.8 Å². The number of hydrogen-bond donors (Lipinski definition) is 2. The molecule has 1 saturated heterocycles. The lowest BCUT2D eigenvalue weighted by atomic mass is 10.1. The van der Waals surface area contributed by atoms with Crippen LogP contribution in [0.2, 0.25) is 0 Å². The standard InChI is InChI=1S/C18H26N4O3S/c1-11(2)8-21-5-6-22(9-13(21)4-7-23)16-14-12(3)15(18(24)25)26-17(14)20-10-19-16/h10-11,13,23H,4-9H2,1-3H3,(H,24,25)/t13-/m0/s1. The van der Waals surface area contributed by atoms with E-state index in [1.54, 1.807) is 0 Å². The van der Waals surface area contributed by atoms with Crippen molar-refractivity contribution in [3.63, 3.8) is 0 Å². The molecule has 0 spiro atoms. The maximum atomic E-state index is 11.5. The number of aliphatic hydroxyl groups is 1. The summed E-state index contributed by atoms with van der Waals surface area (Å²) in [7, 11) is 0. The quantitative estimate of drug-likeness (QED) is 0.796. The molecule has 0 aliphatic carbocycles. The largest absolute Gasteiger partial charge is 0.477 e. The van der Waals surface area contributed by atoms with Gasteiger partial charge in [-0.15, -0.1) is 11.3 Å². The van der Waals surface area contributed by atoms with Gasteiger partial charge >= 0.3 is 5.97 Å². The van der Waals surface area contributed by atoms with Crippen molar-refractivity contribution in [1.29, 1.82) is 0 Å². The number of piperazine rings is 1. The molecule has 1 aliphatic heterocycles. The molecule has 1 atom stereocenters. The van der Waals surface area contributed by atoms with Crippen molar-refractivity contribution in [1.82, 2.24) is 14.9 Å². The number of nitrogens with zero attached hydrogens (tertiary/aromatic N) is 4. The van der Waals surface area contributed by atoms with E-state index in [4.69, 9.17) is 0 Å². The summed E-state index contributed by atoms with van der Waals surface area (Å²) >= 11 is 1.20. The van der Waals surface area contributed by atoms with Crippen LogP contribution >= 0.6 is 11.3 Å². The van der Waals surface area contributed by atoms with Gasteiger partial charge in [0, 0.05) is 38.8 Å². The van der Waals surface area contributed by atoms with Crippen LogP contribution < -0.4 is 4.90 Å². The van der Waals surface area contributed by atoms with Crippen molar-refractivity contribution in [3.05, 3.63) is 16.8 Å². The van der Waals surface area contributed by atoms with Crippen LogP contribution in [0.25, 0.3) is 10.2 Å². The van der Waals surface area contributed by atoms with E-state index in [1.165, 1.54) is 17.7 Å². The number of anilines is 1. The molecule has 0 unspecified atom stereocenters. The van der Waals surface area contributed by atoms with E-state index in [-0.39, 0.29) is 12.6 Å². The summed E-state index contributed by atoms with van der Waals surface area (Å²) in [4.78, 5) is 25.9. The Kier molecular flexibility index (Phi) is 5.74. The first-order valence-electron chi connectivity index (χ1n) is 8.99. The number of aromatic carboxylic acids is 1. The minimum atomic E-state index is -0.920. The number of aryl methyl sites for hydroxylation is 1. The van der Waals surface area contributed by atoms with Crippen LogP contribution in [0.3, 0.4) is 0 Å². The fourth-order valence-corrected chi connectivity index (χ4v) is 4.70. The van der Waals surface area contributed by atoms with Crippen LogP contribution in [0.4, 0.5) is 5.82 Å². The minimum absolute atomic E-state index is 0.160. The summed E-state index contributed by atoms with van der Waals surface area (Å²) in [5.41, 5.74) is 0.733. The summed E-state index contributed by atoms with van der Waals surface area (Å²) in [5, 5.41) is 19.7. The zero-order chi connectivity index (χ0) is 18.8. The van der Waals surface area contributed by atoms with Gasteiger partial charge in [-0.25, -0.2) is 14.8 Å². The van der Waals surface area contributed by atoms with E-state index in [9.17, 15) is 15.0 Å². The van der Waals surface area contributed by atoms with Crippen LogP contribution in [0.15, 0.2) is 6.33 Å². The maximum absolute atomic E-state index is 11.5. The Morgan fingerprint density at radius 1 is 1.38 bits per heavy atom. The number of aliphatic hydroxyl groups excluding tert-OH is 1. The summed E-state index contributed by atoms with van der Waals surface area (Å²) in [6, 6.07) is 0.263. The van der Waals surface area contributed by atoms with Gasteiger partial charge in [-0.1, -0.05) is 13.8 Å². The molecule has 0 radical (unpaired) electrons. The van der Waals surface area contributed by atoms with E-state index in [0.29, 0.717) is 15.6 Å². The Balaban J connectivity index is 1.93. The lowest BCUT2D eigenvalue weighted by Gasteiger charge is -2.42. The van der Waals surface area contributed by atoms with Gasteiger partial charge in [0.2, 0.25) is 0 Å². The number of aromatic nitrogens is 2. The molecular weight excluding hydrogens is 352 g/mol. The fourth-order valence-electron chi connectivity index (χ4n) is 3.71. The highest BCUT2D eigenvalue weighted by Gasteiger charge is 2.30. The van der Waals surface area contributed by atoms with Crippen LogP contribution in [-0.2, 0) is 0 Å². The first-order chi connectivity index (χ1) is 12.4. The van der Waals surface area contributed by atoms with Crippen LogP contribution in [0.5, 0.6) is 0 Å². The molecule has 26 heavy (non-hydrogen) atoms. The molecule has 0 bridgehead atoms. The van der Waals surface area contributed by atoms with Crippen molar-refractivity contribution in [2.75, 3.05) is 37.7 Å². The number of fused-ring (bicyclic) bond motifs is 1. The molecule has 0 aromatic carbocycles. The Labute approximate surface area is 157 Å². The van der Waals surface area contributed by atoms with Gasteiger partial charge in [-0.3, -0.25) is 4.90 Å². The third kappa shape index (κ3) is 3.67. The van der Waals surface area contributed by atoms with Crippen molar-refractivity contribution >= 4 is 33.3 Å². The number of rotatable bonds is 6. The van der Waals surface area contributed by atoms with Gasteiger partial charge < -0.3 is 15.1 Å². The highest BCUT2D eigenvalue weighted by atomic mass is 32.1. The van der Waals surface area contributed by atoms with Gasteiger partial charge in [-0.2, -0.15) is 0 Å². The monoisotopic (exact) mass is 378 g/mol. The zero-order valence-electron chi connectivity index (χ0n) is 15.5. The fraction of sp³-hybridized carbons (Fsp3) is 0.611. The van der Waals surface area contributed by atoms with E-state index in [0.717, 1.165) is 49.4 Å². The lowest BCUT2D eigenvalue weighted by molar-refractivity contribution is 0.0701. The summed E-state index contributed by atoms with van der Waals surface area (Å²) in [6.07, 6.45) is 2.24. The zero-order valence-corrected chi connectivity index (χ0v) is 16.3. The third-order valence-electron chi connectivity index (χ3n) is 4.87. The van der Waals surface area contributed by atoms with Gasteiger partial charge in [0.05, 0.1) is 5.39 Å². The minimum Gasteiger partial charge on any atom is -0.477 e. The predicted octanol–water partition coefficient (Wildman–Crippen LogP) is 2.23. The van der Waals surface area contributed by atoms with Gasteiger partial charge in [0.1, 0.15) is 21.9 Å². The second-order valence-corrected chi connectivity index (χ2v) is 8.24. The molecule has 3 heterocycles. The summed E-state index contributed by atoms with van der Waals surface area (Å²) in [5.74, 6) is 0.463. The Hall–Kier alpha value is -1.77. The topological polar surface area (TPSA) is 89.8 Å². The molecular formula is C18H26N4O3S. The Bertz CT molecular complexity index is 792. The molecule has 1 aliphatic rings. The lowest BCUT2D eigenvalue weighted by Crippen LogP contribution is -2.54. The van der Waals surface area contributed by atoms with Crippen LogP contribution in [0.1, 0.15) is 35.5 Å². The molecule has 2 N–H and O–H groups in total. The maximum Gasteiger partial charge on any atom is 0.346 e. The van der Waals surface area contributed by atoms with Crippen molar-refractivity contribution in [2.45, 2.75) is 33.2 Å². The predicted molar refractivity (Wildman–Crippen MR) is 103 cm³/mol. The summed E-state index contributed by atoms with van der Waals surface area (Å²) in [6.45, 7) is 9.93. The second kappa shape index (κ2) is 7.85. The third-order valence-corrected chi connectivity index (χ3v) is 6.06. The smallest absolute Gasteiger partial charge is 0.346 e. The Morgan fingerprint density at radius 2 is 2.15 bits per heavy atom. The van der Waals surface area contributed by atoms with Crippen molar-refractivity contribution in [2.24, 2.45) is 5.92 Å². The van der Waals surface area contributed by atoms with Gasteiger partial charge in [0.15, 0.2) is 0 Å². The number of carbonyl (C=O) groups is 1. The Morgan fingerprint density at radius 3 is 2.81 bits per heavy atom. The number of carboxylic acid groups (broad SMARTS) is 1. The highest BCUT2D eigenvalue weighted by molar-refractivity contribution is 7.20. The van der Waals surface area contributed by atoms with Gasteiger partial charge in [-0.05, 0) is 24.8 Å². The van der Waals surface area contributed by atoms with E-state index < -0.39 is 5.97 Å². The number of carboxylic acids is 1. The van der Waals surface area contributed by atoms with Gasteiger partial charge in [0.25, 0.3) is 0 Å². The molecule has 8 heteroatoms. The molecule has 2 aromatic heterocycles. The normalized spacial score (nSPS) is 18.8. The number of thiophene rings is 1. The number of hydrogen-bond acceptors (Lipinski definition) is 7. The highest BCUT2D eigenvalue weighted by Crippen LogP contribution is 2.35. The SMILES string of the molecule is Cc1c(C(=O)O)sc2ncnc(N3CCN(CC(C)C)[C@@H](CCO)C3)c12. The van der Waals surface area contributed by atoms with Crippen molar-refractivity contribution < 1.29 is 15.0 Å². The molecule has 0 amide bonds. The molecule has 0 saturated carbocycles. The molecule has 7 nitrogen and oxygen atoms in total. The van der Waals surface area contributed by atoms with Crippen LogP contribution in [-0.4, -0.2) is 69.9 Å². The average molecular weight is 378 g/mol. The molecule has 2 aromatic rings. The first kappa shape index (κ1) is 19.0. The molecule has 3 rings (SSSR count). The first-order valence-corrected chi connectivity index (χ1v) is 9.81. The molecule has 1 fully saturated rings. The van der Waals surface area contributed by atoms with Crippen molar-refractivity contribution in [3.8, 4) is 0 Å². The average Bonchev–Trinajstić information content (AvgIpc) is 2.94. The van der Waals surface area contributed by atoms with E-state index in [2.05, 4.69) is 33.6 Å². The van der Waals surface area contributed by atoms with E-state index in [1.807, 2.05) is 6.92 Å². The second-order valence-electron chi connectivity index (χ2n) is 7.24. The van der Waals surface area contributed by atoms with E-state index >= 15 is 0 Å². The summed E-state index contributed by atoms with van der Waals surface area (Å²) < 4.78 is 0. The molecule has 142 valence electrons.